The number of rotatable bonds is 3. The highest BCUT2D eigenvalue weighted by Gasteiger charge is 2.16. The van der Waals surface area contributed by atoms with E-state index < -0.39 is 0 Å². The first-order valence-corrected chi connectivity index (χ1v) is 4.92. The molecule has 0 unspecified atom stereocenters. The van der Waals surface area contributed by atoms with Gasteiger partial charge in [-0.05, 0) is 6.92 Å². The minimum atomic E-state index is -0.179. The third kappa shape index (κ3) is 2.75. The van der Waals surface area contributed by atoms with Gasteiger partial charge < -0.3 is 9.84 Å². The molecule has 0 radical (unpaired) electrons. The number of H-pyrrole nitrogens is 1. The molecule has 0 aliphatic rings. The Morgan fingerprint density at radius 2 is 2.13 bits per heavy atom. The third-order valence-corrected chi connectivity index (χ3v) is 2.38. The molecule has 2 N–H and O–H groups in total. The molecule has 15 heavy (non-hydrogen) atoms. The molecule has 0 atom stereocenters. The van der Waals surface area contributed by atoms with E-state index in [0.717, 1.165) is 5.70 Å². The molecule has 0 saturated heterocycles. The molecule has 1 heterocycles. The Hall–Kier alpha value is -1.45. The molecular formula is C11H18N2O2. The van der Waals surface area contributed by atoms with Gasteiger partial charge in [-0.25, -0.2) is 0 Å². The van der Waals surface area contributed by atoms with E-state index in [1.54, 1.807) is 6.92 Å². The zero-order valence-electron chi connectivity index (χ0n) is 9.73. The van der Waals surface area contributed by atoms with Crippen LogP contribution in [-0.2, 0) is 6.54 Å². The van der Waals surface area contributed by atoms with E-state index in [2.05, 4.69) is 37.8 Å². The van der Waals surface area contributed by atoms with E-state index in [0.29, 0.717) is 17.9 Å². The average Bonchev–Trinajstić information content (AvgIpc) is 2.41. The van der Waals surface area contributed by atoms with Gasteiger partial charge >= 0.3 is 0 Å². The first kappa shape index (κ1) is 11.6. The number of nitrogens with one attached hydrogen (secondary N) is 2. The normalized spacial score (nSPS) is 11.5. The minimum Gasteiger partial charge on any atom is -0.384 e. The predicted molar refractivity (Wildman–Crippen MR) is 59.5 cm³/mol. The average molecular weight is 210 g/mol. The summed E-state index contributed by atoms with van der Waals surface area (Å²) in [6, 6.07) is 0. The molecular weight excluding hydrogens is 192 g/mol. The molecule has 4 heteroatoms. The molecule has 0 bridgehead atoms. The van der Waals surface area contributed by atoms with E-state index in [-0.39, 0.29) is 11.0 Å². The number of hydrogen-bond donors (Lipinski definition) is 2. The zero-order valence-corrected chi connectivity index (χ0v) is 9.73. The highest BCUT2D eigenvalue weighted by atomic mass is 16.5. The van der Waals surface area contributed by atoms with Crippen molar-refractivity contribution in [3.63, 3.8) is 0 Å². The molecule has 84 valence electrons. The maximum Gasteiger partial charge on any atom is 0.285 e. The van der Waals surface area contributed by atoms with E-state index in [9.17, 15) is 4.79 Å². The fourth-order valence-electron chi connectivity index (χ4n) is 1.07. The minimum absolute atomic E-state index is 0.00952. The lowest BCUT2D eigenvalue weighted by Gasteiger charge is -2.22. The lowest BCUT2D eigenvalue weighted by Crippen LogP contribution is -2.25. The second-order valence-electron chi connectivity index (χ2n) is 4.65. The van der Waals surface area contributed by atoms with Gasteiger partial charge in [0, 0.05) is 17.7 Å². The van der Waals surface area contributed by atoms with Crippen LogP contribution in [-0.4, -0.2) is 5.16 Å². The molecule has 0 saturated carbocycles. The topological polar surface area (TPSA) is 58.0 Å². The predicted octanol–water partition coefficient (Wildman–Crippen LogP) is 1.93. The first-order chi connectivity index (χ1) is 6.82. The summed E-state index contributed by atoms with van der Waals surface area (Å²) in [6.45, 7) is 12.3. The van der Waals surface area contributed by atoms with Crippen molar-refractivity contribution in [2.24, 2.45) is 5.41 Å². The van der Waals surface area contributed by atoms with E-state index >= 15 is 0 Å². The van der Waals surface area contributed by atoms with Crippen molar-refractivity contribution in [2.75, 3.05) is 0 Å². The van der Waals surface area contributed by atoms with Gasteiger partial charge in [0.2, 0.25) is 0 Å². The van der Waals surface area contributed by atoms with Crippen LogP contribution in [0.4, 0.5) is 0 Å². The molecule has 0 fully saturated rings. The van der Waals surface area contributed by atoms with Crippen LogP contribution in [0.3, 0.4) is 0 Å². The summed E-state index contributed by atoms with van der Waals surface area (Å²) in [5.41, 5.74) is 1.34. The SMILES string of the molecule is C=C(NCc1c(C)o[nH]c1=O)C(C)(C)C. The molecule has 0 aromatic carbocycles. The van der Waals surface area contributed by atoms with Crippen LogP contribution in [0.15, 0.2) is 21.6 Å². The molecule has 0 spiro atoms. The van der Waals surface area contributed by atoms with Crippen molar-refractivity contribution in [1.29, 1.82) is 0 Å². The summed E-state index contributed by atoms with van der Waals surface area (Å²) < 4.78 is 4.91. The van der Waals surface area contributed by atoms with Crippen molar-refractivity contribution < 1.29 is 4.52 Å². The second kappa shape index (κ2) is 3.96. The smallest absolute Gasteiger partial charge is 0.285 e. The molecule has 1 rings (SSSR count). The summed E-state index contributed by atoms with van der Waals surface area (Å²) in [5, 5.41) is 5.43. The van der Waals surface area contributed by atoms with Gasteiger partial charge in [0.05, 0.1) is 5.56 Å². The standard InChI is InChI=1S/C11H18N2O2/c1-7-9(10(14)13-15-7)6-12-8(2)11(3,4)5/h12H,2,6H2,1,3-5H3,(H,13,14). The maximum absolute atomic E-state index is 11.3. The first-order valence-electron chi connectivity index (χ1n) is 4.92. The van der Waals surface area contributed by atoms with Gasteiger partial charge in [-0.2, -0.15) is 5.16 Å². The zero-order chi connectivity index (χ0) is 11.6. The fraction of sp³-hybridized carbons (Fsp3) is 0.545. The van der Waals surface area contributed by atoms with Gasteiger partial charge in [-0.15, -0.1) is 0 Å². The van der Waals surface area contributed by atoms with Crippen LogP contribution in [0.5, 0.6) is 0 Å². The highest BCUT2D eigenvalue weighted by Crippen LogP contribution is 2.21. The number of allylic oxidation sites excluding steroid dienone is 1. The van der Waals surface area contributed by atoms with E-state index in [4.69, 9.17) is 4.52 Å². The van der Waals surface area contributed by atoms with Crippen molar-refractivity contribution in [3.8, 4) is 0 Å². The number of hydrogen-bond acceptors (Lipinski definition) is 3. The lowest BCUT2D eigenvalue weighted by molar-refractivity contribution is 0.390. The Labute approximate surface area is 89.3 Å². The Morgan fingerprint density at radius 1 is 1.53 bits per heavy atom. The Bertz CT molecular complexity index is 407. The van der Waals surface area contributed by atoms with E-state index in [1.807, 2.05) is 0 Å². The van der Waals surface area contributed by atoms with Gasteiger partial charge in [0.25, 0.3) is 5.56 Å². The van der Waals surface area contributed by atoms with Gasteiger partial charge in [-0.1, -0.05) is 27.4 Å². The molecule has 4 nitrogen and oxygen atoms in total. The third-order valence-electron chi connectivity index (χ3n) is 2.38. The van der Waals surface area contributed by atoms with Crippen molar-refractivity contribution >= 4 is 0 Å². The van der Waals surface area contributed by atoms with Crippen LogP contribution < -0.4 is 10.9 Å². The molecule has 1 aromatic heterocycles. The fourth-order valence-corrected chi connectivity index (χ4v) is 1.07. The number of aryl methyl sites for hydroxylation is 1. The van der Waals surface area contributed by atoms with Crippen LogP contribution in [0, 0.1) is 12.3 Å². The van der Waals surface area contributed by atoms with E-state index in [1.165, 1.54) is 0 Å². The van der Waals surface area contributed by atoms with Gasteiger partial charge in [-0.3, -0.25) is 4.79 Å². The van der Waals surface area contributed by atoms with Crippen LogP contribution in [0.25, 0.3) is 0 Å². The molecule has 0 amide bonds. The highest BCUT2D eigenvalue weighted by molar-refractivity contribution is 5.14. The summed E-state index contributed by atoms with van der Waals surface area (Å²) in [7, 11) is 0. The second-order valence-corrected chi connectivity index (χ2v) is 4.65. The monoisotopic (exact) mass is 210 g/mol. The van der Waals surface area contributed by atoms with Crippen molar-refractivity contribution in [1.82, 2.24) is 10.5 Å². The maximum atomic E-state index is 11.3. The summed E-state index contributed by atoms with van der Waals surface area (Å²) >= 11 is 0. The number of aromatic amines is 1. The molecule has 1 aromatic rings. The largest absolute Gasteiger partial charge is 0.384 e. The molecule has 0 aliphatic carbocycles. The van der Waals surface area contributed by atoms with Crippen LogP contribution in [0.2, 0.25) is 0 Å². The number of aromatic nitrogens is 1. The van der Waals surface area contributed by atoms with Crippen LogP contribution >= 0.6 is 0 Å². The summed E-state index contributed by atoms with van der Waals surface area (Å²) in [5.74, 6) is 0.620. The summed E-state index contributed by atoms with van der Waals surface area (Å²) in [4.78, 5) is 11.3. The van der Waals surface area contributed by atoms with Crippen molar-refractivity contribution in [2.45, 2.75) is 34.2 Å². The Balaban J connectivity index is 2.67. The molecule has 0 aliphatic heterocycles. The lowest BCUT2D eigenvalue weighted by atomic mass is 9.93. The van der Waals surface area contributed by atoms with Gasteiger partial charge in [0.15, 0.2) is 0 Å². The summed E-state index contributed by atoms with van der Waals surface area (Å²) in [6.07, 6.45) is 0. The van der Waals surface area contributed by atoms with Crippen molar-refractivity contribution in [3.05, 3.63) is 34.0 Å². The van der Waals surface area contributed by atoms with Gasteiger partial charge in [0.1, 0.15) is 5.76 Å². The van der Waals surface area contributed by atoms with Crippen LogP contribution in [0.1, 0.15) is 32.1 Å². The quantitative estimate of drug-likeness (QED) is 0.801. The Kier molecular flexibility index (Phi) is 3.07. The Morgan fingerprint density at radius 3 is 2.53 bits per heavy atom.